The molecular formula is C23H27NO7S. The molecule has 1 aliphatic rings. The van der Waals surface area contributed by atoms with Crippen molar-refractivity contribution >= 4 is 16.0 Å². The number of hydrogen-bond donors (Lipinski definition) is 0. The van der Waals surface area contributed by atoms with Crippen LogP contribution in [-0.2, 0) is 30.8 Å². The summed E-state index contributed by atoms with van der Waals surface area (Å²) in [6.45, 7) is 2.14. The van der Waals surface area contributed by atoms with Crippen LogP contribution < -0.4 is 9.47 Å². The molecular weight excluding hydrogens is 434 g/mol. The van der Waals surface area contributed by atoms with Crippen LogP contribution in [-0.4, -0.2) is 58.8 Å². The molecule has 0 amide bonds. The minimum atomic E-state index is -3.80. The van der Waals surface area contributed by atoms with Gasteiger partial charge < -0.3 is 18.9 Å². The molecule has 2 aromatic rings. The Morgan fingerprint density at radius 3 is 2.38 bits per heavy atom. The number of aryl methyl sites for hydroxylation is 1. The van der Waals surface area contributed by atoms with Crippen molar-refractivity contribution in [3.63, 3.8) is 0 Å². The highest BCUT2D eigenvalue weighted by molar-refractivity contribution is 7.89. The second-order valence-electron chi connectivity index (χ2n) is 7.32. The van der Waals surface area contributed by atoms with Crippen LogP contribution in [0.2, 0.25) is 0 Å². The molecule has 1 fully saturated rings. The van der Waals surface area contributed by atoms with E-state index in [0.29, 0.717) is 11.5 Å². The summed E-state index contributed by atoms with van der Waals surface area (Å²) in [7, 11) is 0.555. The number of methoxy groups -OCH3 is 3. The fraction of sp³-hybridized carbons (Fsp3) is 0.348. The standard InChI is InChI=1S/C23H27NO7S/c1-16-5-8-18(9-6-16)32(26,27)24(15-22-20(31-22)11-12-23(25)30-4)14-17-7-10-19(28-2)21(13-17)29-3/h5-13,20,22H,14-15H2,1-4H3/b12-11+/t20-,22-/m0/s1. The van der Waals surface area contributed by atoms with Crippen LogP contribution in [0, 0.1) is 6.92 Å². The fourth-order valence-electron chi connectivity index (χ4n) is 3.20. The van der Waals surface area contributed by atoms with Gasteiger partial charge in [-0.05, 0) is 42.8 Å². The van der Waals surface area contributed by atoms with Gasteiger partial charge in [-0.2, -0.15) is 4.31 Å². The Bertz CT molecular complexity index is 1080. The van der Waals surface area contributed by atoms with Gasteiger partial charge in [0.2, 0.25) is 10.0 Å². The molecule has 2 atom stereocenters. The van der Waals surface area contributed by atoms with E-state index >= 15 is 0 Å². The molecule has 0 N–H and O–H groups in total. The maximum absolute atomic E-state index is 13.4. The molecule has 0 aromatic heterocycles. The molecule has 3 rings (SSSR count). The van der Waals surface area contributed by atoms with E-state index in [9.17, 15) is 13.2 Å². The van der Waals surface area contributed by atoms with Gasteiger partial charge in [-0.1, -0.05) is 23.8 Å². The van der Waals surface area contributed by atoms with Crippen molar-refractivity contribution in [3.05, 3.63) is 65.7 Å². The minimum Gasteiger partial charge on any atom is -0.493 e. The monoisotopic (exact) mass is 461 g/mol. The van der Waals surface area contributed by atoms with E-state index in [1.165, 1.54) is 31.7 Å². The lowest BCUT2D eigenvalue weighted by atomic mass is 10.2. The number of ether oxygens (including phenoxy) is 4. The average molecular weight is 462 g/mol. The SMILES string of the molecule is COC(=O)/C=C/[C@@H]1O[C@H]1CN(Cc1ccc(OC)c(OC)c1)S(=O)(=O)c1ccc(C)cc1. The van der Waals surface area contributed by atoms with Gasteiger partial charge in [0.05, 0.1) is 26.2 Å². The first-order valence-electron chi connectivity index (χ1n) is 9.98. The van der Waals surface area contributed by atoms with Gasteiger partial charge in [0.15, 0.2) is 11.5 Å². The number of sulfonamides is 1. The smallest absolute Gasteiger partial charge is 0.330 e. The first-order chi connectivity index (χ1) is 15.3. The van der Waals surface area contributed by atoms with Crippen LogP contribution in [0.4, 0.5) is 0 Å². The summed E-state index contributed by atoms with van der Waals surface area (Å²) in [6, 6.07) is 12.0. The molecule has 0 saturated carbocycles. The molecule has 0 spiro atoms. The second kappa shape index (κ2) is 10.2. The summed E-state index contributed by atoms with van der Waals surface area (Å²) >= 11 is 0. The van der Waals surface area contributed by atoms with E-state index in [-0.39, 0.29) is 30.2 Å². The maximum Gasteiger partial charge on any atom is 0.330 e. The van der Waals surface area contributed by atoms with E-state index < -0.39 is 16.0 Å². The Morgan fingerprint density at radius 2 is 1.75 bits per heavy atom. The average Bonchev–Trinajstić information content (AvgIpc) is 3.54. The summed E-state index contributed by atoms with van der Waals surface area (Å²) in [6.07, 6.45) is 2.13. The van der Waals surface area contributed by atoms with Gasteiger partial charge in [0.25, 0.3) is 0 Å². The van der Waals surface area contributed by atoms with Crippen molar-refractivity contribution in [3.8, 4) is 11.5 Å². The zero-order valence-corrected chi connectivity index (χ0v) is 19.3. The Balaban J connectivity index is 1.85. The summed E-state index contributed by atoms with van der Waals surface area (Å²) in [4.78, 5) is 11.5. The zero-order valence-electron chi connectivity index (χ0n) is 18.5. The van der Waals surface area contributed by atoms with Crippen LogP contribution >= 0.6 is 0 Å². The molecule has 1 saturated heterocycles. The minimum absolute atomic E-state index is 0.115. The van der Waals surface area contributed by atoms with E-state index in [1.54, 1.807) is 48.5 Å². The van der Waals surface area contributed by atoms with Crippen molar-refractivity contribution in [2.75, 3.05) is 27.9 Å². The number of carbonyl (C=O) groups is 1. The molecule has 1 heterocycles. The van der Waals surface area contributed by atoms with E-state index in [2.05, 4.69) is 4.74 Å². The number of nitrogens with zero attached hydrogens (tertiary/aromatic N) is 1. The first kappa shape index (κ1) is 23.8. The van der Waals surface area contributed by atoms with Crippen molar-refractivity contribution in [2.45, 2.75) is 30.6 Å². The van der Waals surface area contributed by atoms with Gasteiger partial charge in [0.1, 0.15) is 12.2 Å². The van der Waals surface area contributed by atoms with Gasteiger partial charge >= 0.3 is 5.97 Å². The highest BCUT2D eigenvalue weighted by Crippen LogP contribution is 2.31. The van der Waals surface area contributed by atoms with E-state index in [0.717, 1.165) is 11.1 Å². The second-order valence-corrected chi connectivity index (χ2v) is 9.26. The van der Waals surface area contributed by atoms with E-state index in [1.807, 2.05) is 6.92 Å². The van der Waals surface area contributed by atoms with Crippen LogP contribution in [0.5, 0.6) is 11.5 Å². The van der Waals surface area contributed by atoms with Crippen LogP contribution in [0.25, 0.3) is 0 Å². The number of carbonyl (C=O) groups excluding carboxylic acids is 1. The lowest BCUT2D eigenvalue weighted by Gasteiger charge is -2.22. The third-order valence-electron chi connectivity index (χ3n) is 5.09. The van der Waals surface area contributed by atoms with Gasteiger partial charge in [-0.25, -0.2) is 13.2 Å². The van der Waals surface area contributed by atoms with Crippen LogP contribution in [0.15, 0.2) is 59.5 Å². The molecule has 0 bridgehead atoms. The molecule has 1 aliphatic heterocycles. The fourth-order valence-corrected chi connectivity index (χ4v) is 4.64. The van der Waals surface area contributed by atoms with Crippen molar-refractivity contribution in [1.82, 2.24) is 4.31 Å². The van der Waals surface area contributed by atoms with Gasteiger partial charge in [-0.3, -0.25) is 0 Å². The molecule has 2 aromatic carbocycles. The Labute approximate surface area is 188 Å². The molecule has 9 heteroatoms. The normalized spacial score (nSPS) is 18.0. The first-order valence-corrected chi connectivity index (χ1v) is 11.4. The number of hydrogen-bond acceptors (Lipinski definition) is 7. The topological polar surface area (TPSA) is 94.7 Å². The number of epoxide rings is 1. The van der Waals surface area contributed by atoms with Crippen molar-refractivity contribution in [1.29, 1.82) is 0 Å². The van der Waals surface area contributed by atoms with E-state index in [4.69, 9.17) is 14.2 Å². The Kier molecular flexibility index (Phi) is 7.55. The molecule has 8 nitrogen and oxygen atoms in total. The Hall–Kier alpha value is -2.88. The quantitative estimate of drug-likeness (QED) is 0.305. The molecule has 172 valence electrons. The van der Waals surface area contributed by atoms with Crippen molar-refractivity contribution < 1.29 is 32.2 Å². The summed E-state index contributed by atoms with van der Waals surface area (Å²) in [5, 5.41) is 0. The predicted octanol–water partition coefficient (Wildman–Crippen LogP) is 2.70. The third-order valence-corrected chi connectivity index (χ3v) is 6.92. The predicted molar refractivity (Wildman–Crippen MR) is 118 cm³/mol. The highest BCUT2D eigenvalue weighted by atomic mass is 32.2. The molecule has 32 heavy (non-hydrogen) atoms. The largest absolute Gasteiger partial charge is 0.493 e. The Morgan fingerprint density at radius 1 is 1.06 bits per heavy atom. The lowest BCUT2D eigenvalue weighted by molar-refractivity contribution is -0.134. The van der Waals surface area contributed by atoms with Crippen LogP contribution in [0.1, 0.15) is 11.1 Å². The molecule has 0 unspecified atom stereocenters. The van der Waals surface area contributed by atoms with Crippen LogP contribution in [0.3, 0.4) is 0 Å². The number of rotatable bonds is 10. The summed E-state index contributed by atoms with van der Waals surface area (Å²) in [5.41, 5.74) is 1.70. The van der Waals surface area contributed by atoms with Gasteiger partial charge in [-0.15, -0.1) is 0 Å². The molecule has 0 aliphatic carbocycles. The van der Waals surface area contributed by atoms with Crippen molar-refractivity contribution in [2.24, 2.45) is 0 Å². The lowest BCUT2D eigenvalue weighted by Crippen LogP contribution is -2.34. The number of esters is 1. The summed E-state index contributed by atoms with van der Waals surface area (Å²) in [5.74, 6) is 0.579. The number of benzene rings is 2. The highest BCUT2D eigenvalue weighted by Gasteiger charge is 2.41. The third kappa shape index (κ3) is 5.67. The maximum atomic E-state index is 13.4. The zero-order chi connectivity index (χ0) is 23.3. The molecule has 0 radical (unpaired) electrons. The van der Waals surface area contributed by atoms with Gasteiger partial charge in [0, 0.05) is 19.2 Å². The summed E-state index contributed by atoms with van der Waals surface area (Å²) < 4.78 is 49.0.